The van der Waals surface area contributed by atoms with E-state index in [9.17, 15) is 17.6 Å². The molecule has 2 rings (SSSR count). The normalized spacial score (nSPS) is 11.9. The Morgan fingerprint density at radius 3 is 2.39 bits per heavy atom. The summed E-state index contributed by atoms with van der Waals surface area (Å²) < 4.78 is 40.6. The molecule has 150 valence electrons. The molecule has 0 saturated heterocycles. The van der Waals surface area contributed by atoms with Gasteiger partial charge in [-0.3, -0.25) is 4.79 Å². The van der Waals surface area contributed by atoms with Gasteiger partial charge in [0.2, 0.25) is 15.9 Å². The van der Waals surface area contributed by atoms with E-state index in [4.69, 9.17) is 0 Å². The Balaban J connectivity index is 2.32. The molecular formula is C21H25FN2O3S. The molecule has 0 saturated carbocycles. The smallest absolute Gasteiger partial charge is 0.248 e. The summed E-state index contributed by atoms with van der Waals surface area (Å²) in [4.78, 5) is 12.4. The van der Waals surface area contributed by atoms with Gasteiger partial charge < -0.3 is 5.32 Å². The molecule has 7 heteroatoms. The second-order valence-corrected chi connectivity index (χ2v) is 8.28. The van der Waals surface area contributed by atoms with Crippen molar-refractivity contribution >= 4 is 27.7 Å². The molecule has 0 aliphatic rings. The number of benzene rings is 2. The van der Waals surface area contributed by atoms with Gasteiger partial charge in [-0.25, -0.2) is 12.8 Å². The van der Waals surface area contributed by atoms with E-state index in [0.29, 0.717) is 24.3 Å². The van der Waals surface area contributed by atoms with E-state index in [1.807, 2.05) is 0 Å². The number of carbonyl (C=O) groups excluding carboxylic acids is 1. The van der Waals surface area contributed by atoms with E-state index in [1.54, 1.807) is 52.0 Å². The number of nitrogens with zero attached hydrogens (tertiary/aromatic N) is 1. The number of hydrogen-bond donors (Lipinski definition) is 1. The minimum atomic E-state index is -3.65. The highest BCUT2D eigenvalue weighted by Crippen LogP contribution is 2.26. The van der Waals surface area contributed by atoms with Gasteiger partial charge in [0, 0.05) is 30.4 Å². The summed E-state index contributed by atoms with van der Waals surface area (Å²) in [5, 5.41) is 2.70. The SMILES string of the molecule is CCN(CC)S(=O)(=O)c1cc(C)c(C)c(NC(=O)/C=C/c2ccccc2F)c1. The third-order valence-corrected chi connectivity index (χ3v) is 6.59. The average Bonchev–Trinajstić information content (AvgIpc) is 2.65. The minimum Gasteiger partial charge on any atom is -0.322 e. The van der Waals surface area contributed by atoms with Crippen molar-refractivity contribution in [2.24, 2.45) is 0 Å². The fourth-order valence-corrected chi connectivity index (χ4v) is 4.34. The Kier molecular flexibility index (Phi) is 7.10. The van der Waals surface area contributed by atoms with Crippen molar-refractivity contribution < 1.29 is 17.6 Å². The van der Waals surface area contributed by atoms with Gasteiger partial charge >= 0.3 is 0 Å². The zero-order chi connectivity index (χ0) is 20.9. The van der Waals surface area contributed by atoms with Gasteiger partial charge in [0.05, 0.1) is 4.90 Å². The zero-order valence-electron chi connectivity index (χ0n) is 16.5. The number of hydrogen-bond acceptors (Lipinski definition) is 3. The van der Waals surface area contributed by atoms with E-state index in [-0.39, 0.29) is 4.90 Å². The van der Waals surface area contributed by atoms with Crippen LogP contribution >= 0.6 is 0 Å². The van der Waals surface area contributed by atoms with Gasteiger partial charge in [-0.15, -0.1) is 0 Å². The lowest BCUT2D eigenvalue weighted by Crippen LogP contribution is -2.30. The fraction of sp³-hybridized carbons (Fsp3) is 0.286. The summed E-state index contributed by atoms with van der Waals surface area (Å²) in [6.07, 6.45) is 2.60. The van der Waals surface area contributed by atoms with Crippen LogP contribution in [0.25, 0.3) is 6.08 Å². The summed E-state index contributed by atoms with van der Waals surface area (Å²) in [6, 6.07) is 9.19. The molecule has 0 aliphatic heterocycles. The molecule has 0 aromatic heterocycles. The van der Waals surface area contributed by atoms with E-state index in [1.165, 1.54) is 28.6 Å². The maximum absolute atomic E-state index is 13.7. The summed E-state index contributed by atoms with van der Waals surface area (Å²) in [5.41, 5.74) is 2.23. The van der Waals surface area contributed by atoms with Gasteiger partial charge in [-0.1, -0.05) is 32.0 Å². The van der Waals surface area contributed by atoms with Crippen molar-refractivity contribution in [1.82, 2.24) is 4.31 Å². The quantitative estimate of drug-likeness (QED) is 0.706. The highest BCUT2D eigenvalue weighted by atomic mass is 32.2. The Morgan fingerprint density at radius 2 is 1.79 bits per heavy atom. The van der Waals surface area contributed by atoms with Crippen LogP contribution in [-0.4, -0.2) is 31.7 Å². The fourth-order valence-electron chi connectivity index (χ4n) is 2.77. The van der Waals surface area contributed by atoms with Gasteiger partial charge in [-0.2, -0.15) is 4.31 Å². The lowest BCUT2D eigenvalue weighted by atomic mass is 10.1. The van der Waals surface area contributed by atoms with Crippen LogP contribution in [0, 0.1) is 19.7 Å². The molecule has 0 atom stereocenters. The van der Waals surface area contributed by atoms with E-state index in [0.717, 1.165) is 11.1 Å². The van der Waals surface area contributed by atoms with Gasteiger partial charge in [0.1, 0.15) is 5.82 Å². The lowest BCUT2D eigenvalue weighted by molar-refractivity contribution is -0.111. The molecule has 0 aliphatic carbocycles. The number of halogens is 1. The van der Waals surface area contributed by atoms with Gasteiger partial charge in [0.25, 0.3) is 0 Å². The molecule has 1 amide bonds. The van der Waals surface area contributed by atoms with Crippen LogP contribution in [0.15, 0.2) is 47.4 Å². The van der Waals surface area contributed by atoms with Crippen LogP contribution in [0.2, 0.25) is 0 Å². The highest BCUT2D eigenvalue weighted by molar-refractivity contribution is 7.89. The molecule has 2 aromatic carbocycles. The minimum absolute atomic E-state index is 0.132. The van der Waals surface area contributed by atoms with Crippen molar-refractivity contribution in [3.05, 3.63) is 65.0 Å². The number of aryl methyl sites for hydroxylation is 1. The Morgan fingerprint density at radius 1 is 1.14 bits per heavy atom. The van der Waals surface area contributed by atoms with E-state index in [2.05, 4.69) is 5.32 Å². The van der Waals surface area contributed by atoms with Crippen LogP contribution in [0.5, 0.6) is 0 Å². The summed E-state index contributed by atoms with van der Waals surface area (Å²) in [7, 11) is -3.65. The lowest BCUT2D eigenvalue weighted by Gasteiger charge is -2.20. The summed E-state index contributed by atoms with van der Waals surface area (Å²) in [5.74, 6) is -0.894. The van der Waals surface area contributed by atoms with E-state index < -0.39 is 21.7 Å². The van der Waals surface area contributed by atoms with Crippen LogP contribution in [-0.2, 0) is 14.8 Å². The maximum Gasteiger partial charge on any atom is 0.248 e. The Labute approximate surface area is 165 Å². The zero-order valence-corrected chi connectivity index (χ0v) is 17.3. The Hall–Kier alpha value is -2.51. The van der Waals surface area contributed by atoms with Crippen LogP contribution < -0.4 is 5.32 Å². The first kappa shape index (κ1) is 21.8. The largest absolute Gasteiger partial charge is 0.322 e. The third-order valence-electron chi connectivity index (χ3n) is 4.56. The Bertz CT molecular complexity index is 997. The monoisotopic (exact) mass is 404 g/mol. The number of amides is 1. The van der Waals surface area contributed by atoms with Crippen molar-refractivity contribution in [3.8, 4) is 0 Å². The van der Waals surface area contributed by atoms with Gasteiger partial charge in [-0.05, 0) is 49.2 Å². The first-order valence-corrected chi connectivity index (χ1v) is 10.5. The molecule has 0 spiro atoms. The molecule has 28 heavy (non-hydrogen) atoms. The molecule has 2 aromatic rings. The van der Waals surface area contributed by atoms with Crippen molar-refractivity contribution in [3.63, 3.8) is 0 Å². The molecule has 0 fully saturated rings. The first-order valence-electron chi connectivity index (χ1n) is 9.05. The molecule has 0 heterocycles. The molecule has 0 radical (unpaired) electrons. The van der Waals surface area contributed by atoms with Crippen molar-refractivity contribution in [2.75, 3.05) is 18.4 Å². The predicted octanol–water partition coefficient (Wildman–Crippen LogP) is 4.12. The number of carbonyl (C=O) groups is 1. The maximum atomic E-state index is 13.7. The third kappa shape index (κ3) is 4.85. The molecular weight excluding hydrogens is 379 g/mol. The standard InChI is InChI=1S/C21H25FN2O3S/c1-5-24(6-2)28(26,27)18-13-15(3)16(4)20(14-18)23-21(25)12-11-17-9-7-8-10-19(17)22/h7-14H,5-6H2,1-4H3,(H,23,25)/b12-11+. The number of rotatable bonds is 7. The second-order valence-electron chi connectivity index (χ2n) is 6.35. The van der Waals surface area contributed by atoms with Crippen LogP contribution in [0.4, 0.5) is 10.1 Å². The first-order chi connectivity index (χ1) is 13.2. The van der Waals surface area contributed by atoms with Crippen LogP contribution in [0.1, 0.15) is 30.5 Å². The van der Waals surface area contributed by atoms with Crippen LogP contribution in [0.3, 0.4) is 0 Å². The van der Waals surface area contributed by atoms with Gasteiger partial charge in [0.15, 0.2) is 0 Å². The highest BCUT2D eigenvalue weighted by Gasteiger charge is 2.23. The molecule has 1 N–H and O–H groups in total. The molecule has 0 unspecified atom stereocenters. The predicted molar refractivity (Wildman–Crippen MR) is 110 cm³/mol. The number of anilines is 1. The van der Waals surface area contributed by atoms with Crippen molar-refractivity contribution in [2.45, 2.75) is 32.6 Å². The molecule has 0 bridgehead atoms. The summed E-state index contributed by atoms with van der Waals surface area (Å²) in [6.45, 7) is 7.87. The summed E-state index contributed by atoms with van der Waals surface area (Å²) >= 11 is 0. The average molecular weight is 405 g/mol. The number of sulfonamides is 1. The second kappa shape index (κ2) is 9.12. The molecule has 5 nitrogen and oxygen atoms in total. The number of nitrogens with one attached hydrogen (secondary N) is 1. The van der Waals surface area contributed by atoms with E-state index >= 15 is 0 Å². The van der Waals surface area contributed by atoms with Crippen molar-refractivity contribution in [1.29, 1.82) is 0 Å². The topological polar surface area (TPSA) is 66.5 Å².